The standard InChI is InChI=1S/C9H8F2O5/c10-8(13,14)6-3-1-2-5(4-12)7(6)9(11,15)16/h1-4,13-16H. The molecule has 0 saturated heterocycles. The molecule has 0 radical (unpaired) electrons. The first-order chi connectivity index (χ1) is 7.18. The van der Waals surface area contributed by atoms with Crippen LogP contribution in [0, 0.1) is 0 Å². The van der Waals surface area contributed by atoms with E-state index in [2.05, 4.69) is 0 Å². The molecule has 0 bridgehead atoms. The minimum atomic E-state index is -4.06. The van der Waals surface area contributed by atoms with Crippen LogP contribution in [0.2, 0.25) is 0 Å². The molecule has 88 valence electrons. The lowest BCUT2D eigenvalue weighted by Gasteiger charge is -2.21. The Balaban J connectivity index is 3.57. The summed E-state index contributed by atoms with van der Waals surface area (Å²) in [4.78, 5) is 10.5. The van der Waals surface area contributed by atoms with E-state index < -0.39 is 28.8 Å². The van der Waals surface area contributed by atoms with Crippen LogP contribution in [0.15, 0.2) is 18.2 Å². The highest BCUT2D eigenvalue weighted by Gasteiger charge is 2.39. The van der Waals surface area contributed by atoms with E-state index in [9.17, 15) is 13.6 Å². The summed E-state index contributed by atoms with van der Waals surface area (Å²) in [5.41, 5.74) is -3.03. The van der Waals surface area contributed by atoms with Crippen LogP contribution in [0.4, 0.5) is 8.78 Å². The normalized spacial score (nSPS) is 12.6. The molecule has 7 heteroatoms. The molecule has 0 saturated carbocycles. The van der Waals surface area contributed by atoms with Crippen molar-refractivity contribution in [3.63, 3.8) is 0 Å². The van der Waals surface area contributed by atoms with Crippen molar-refractivity contribution < 1.29 is 34.0 Å². The first-order valence-corrected chi connectivity index (χ1v) is 4.04. The Bertz CT molecular complexity index is 405. The van der Waals surface area contributed by atoms with Crippen LogP contribution in [0.5, 0.6) is 0 Å². The number of rotatable bonds is 3. The first kappa shape index (κ1) is 12.7. The predicted molar refractivity (Wildman–Crippen MR) is 46.3 cm³/mol. The van der Waals surface area contributed by atoms with Gasteiger partial charge in [-0.1, -0.05) is 18.2 Å². The minimum absolute atomic E-state index is 0.0192. The Morgan fingerprint density at radius 2 is 1.62 bits per heavy atom. The van der Waals surface area contributed by atoms with Crippen LogP contribution in [0.25, 0.3) is 0 Å². The van der Waals surface area contributed by atoms with Gasteiger partial charge < -0.3 is 20.4 Å². The fourth-order valence-electron chi connectivity index (χ4n) is 1.29. The van der Waals surface area contributed by atoms with Crippen LogP contribution in [0.1, 0.15) is 21.5 Å². The van der Waals surface area contributed by atoms with Gasteiger partial charge in [-0.25, -0.2) is 0 Å². The molecule has 0 spiro atoms. The average Bonchev–Trinajstić information content (AvgIpc) is 2.13. The molecule has 16 heavy (non-hydrogen) atoms. The van der Waals surface area contributed by atoms with Crippen molar-refractivity contribution in [2.75, 3.05) is 0 Å². The fraction of sp³-hybridized carbons (Fsp3) is 0.222. The van der Waals surface area contributed by atoms with Crippen molar-refractivity contribution in [3.8, 4) is 0 Å². The Labute approximate surface area is 88.2 Å². The number of benzene rings is 1. The molecule has 0 unspecified atom stereocenters. The van der Waals surface area contributed by atoms with E-state index in [0.29, 0.717) is 6.07 Å². The van der Waals surface area contributed by atoms with Gasteiger partial charge in [-0.2, -0.15) is 8.78 Å². The highest BCUT2D eigenvalue weighted by Crippen LogP contribution is 2.32. The molecule has 0 heterocycles. The van der Waals surface area contributed by atoms with Gasteiger partial charge in [-0.05, 0) is 0 Å². The lowest BCUT2D eigenvalue weighted by molar-refractivity contribution is -0.290. The summed E-state index contributed by atoms with van der Waals surface area (Å²) in [7, 11) is 0. The number of hydrogen-bond donors (Lipinski definition) is 4. The lowest BCUT2D eigenvalue weighted by atomic mass is 9.99. The summed E-state index contributed by atoms with van der Waals surface area (Å²) < 4.78 is 25.8. The third-order valence-electron chi connectivity index (χ3n) is 1.88. The quantitative estimate of drug-likeness (QED) is 0.422. The van der Waals surface area contributed by atoms with Gasteiger partial charge in [0.05, 0.1) is 11.1 Å². The van der Waals surface area contributed by atoms with Crippen LogP contribution in [-0.2, 0) is 12.1 Å². The maximum atomic E-state index is 12.9. The number of hydrogen-bond acceptors (Lipinski definition) is 5. The third-order valence-corrected chi connectivity index (χ3v) is 1.88. The number of carbonyl (C=O) groups excluding carboxylic acids is 1. The van der Waals surface area contributed by atoms with Gasteiger partial charge in [-0.15, -0.1) is 0 Å². The number of aliphatic hydroxyl groups is 4. The molecule has 5 nitrogen and oxygen atoms in total. The summed E-state index contributed by atoms with van der Waals surface area (Å²) in [6.07, 6.45) is 0.0192. The second kappa shape index (κ2) is 3.87. The van der Waals surface area contributed by atoms with Gasteiger partial charge in [-0.3, -0.25) is 4.79 Å². The molecule has 0 amide bonds. The van der Waals surface area contributed by atoms with Gasteiger partial charge in [0.2, 0.25) is 0 Å². The molecular weight excluding hydrogens is 226 g/mol. The molecule has 1 aromatic rings. The van der Waals surface area contributed by atoms with Crippen LogP contribution in [-0.4, -0.2) is 26.7 Å². The van der Waals surface area contributed by atoms with Crippen molar-refractivity contribution in [2.45, 2.75) is 12.1 Å². The second-order valence-electron chi connectivity index (χ2n) is 3.06. The monoisotopic (exact) mass is 234 g/mol. The zero-order chi connectivity index (χ0) is 12.6. The molecule has 0 fully saturated rings. The van der Waals surface area contributed by atoms with E-state index in [1.165, 1.54) is 0 Å². The third kappa shape index (κ3) is 2.39. The van der Waals surface area contributed by atoms with E-state index in [-0.39, 0.29) is 6.29 Å². The van der Waals surface area contributed by atoms with Gasteiger partial charge in [0.25, 0.3) is 0 Å². The average molecular weight is 234 g/mol. The number of aldehydes is 1. The Hall–Kier alpha value is -1.41. The van der Waals surface area contributed by atoms with Crippen molar-refractivity contribution in [3.05, 3.63) is 34.9 Å². The molecule has 0 atom stereocenters. The van der Waals surface area contributed by atoms with Crippen molar-refractivity contribution in [1.82, 2.24) is 0 Å². The largest absolute Gasteiger partial charge is 0.345 e. The lowest BCUT2D eigenvalue weighted by Crippen LogP contribution is -2.29. The predicted octanol–water partition coefficient (Wildman–Crippen LogP) is -0.372. The van der Waals surface area contributed by atoms with Crippen LogP contribution in [0.3, 0.4) is 0 Å². The highest BCUT2D eigenvalue weighted by atomic mass is 19.2. The molecular formula is C9H8F2O5. The van der Waals surface area contributed by atoms with Gasteiger partial charge in [0.15, 0.2) is 6.29 Å². The van der Waals surface area contributed by atoms with Crippen molar-refractivity contribution in [1.29, 1.82) is 0 Å². The summed E-state index contributed by atoms with van der Waals surface area (Å²) in [5, 5.41) is 34.6. The van der Waals surface area contributed by atoms with E-state index in [4.69, 9.17) is 20.4 Å². The second-order valence-corrected chi connectivity index (χ2v) is 3.06. The first-order valence-electron chi connectivity index (χ1n) is 4.04. The summed E-state index contributed by atoms with van der Waals surface area (Å²) >= 11 is 0. The van der Waals surface area contributed by atoms with E-state index >= 15 is 0 Å². The summed E-state index contributed by atoms with van der Waals surface area (Å²) in [5.74, 6) is 0. The molecule has 0 aliphatic rings. The molecule has 4 N–H and O–H groups in total. The van der Waals surface area contributed by atoms with E-state index in [1.54, 1.807) is 0 Å². The van der Waals surface area contributed by atoms with Gasteiger partial charge >= 0.3 is 12.1 Å². The molecule has 1 rings (SSSR count). The number of carbonyl (C=O) groups is 1. The highest BCUT2D eigenvalue weighted by molar-refractivity contribution is 5.78. The molecule has 0 aliphatic heterocycles. The van der Waals surface area contributed by atoms with E-state index in [0.717, 1.165) is 12.1 Å². The fourth-order valence-corrected chi connectivity index (χ4v) is 1.29. The maximum absolute atomic E-state index is 12.9. The minimum Gasteiger partial charge on any atom is -0.336 e. The van der Waals surface area contributed by atoms with E-state index in [1.807, 2.05) is 0 Å². The molecule has 0 aromatic heterocycles. The Morgan fingerprint density at radius 3 is 2.00 bits per heavy atom. The molecule has 1 aromatic carbocycles. The van der Waals surface area contributed by atoms with Crippen LogP contribution < -0.4 is 0 Å². The zero-order valence-electron chi connectivity index (χ0n) is 7.76. The number of halogens is 2. The van der Waals surface area contributed by atoms with Gasteiger partial charge in [0, 0.05) is 5.56 Å². The SMILES string of the molecule is O=Cc1cccc(C(O)(O)F)c1C(O)(O)F. The summed E-state index contributed by atoms with van der Waals surface area (Å²) in [6.45, 7) is 0. The van der Waals surface area contributed by atoms with Gasteiger partial charge in [0.1, 0.15) is 0 Å². The zero-order valence-corrected chi connectivity index (χ0v) is 7.76. The van der Waals surface area contributed by atoms with Crippen LogP contribution >= 0.6 is 0 Å². The molecule has 0 aliphatic carbocycles. The maximum Gasteiger partial charge on any atom is 0.345 e. The number of alkyl halides is 2. The van der Waals surface area contributed by atoms with Crippen molar-refractivity contribution >= 4 is 6.29 Å². The van der Waals surface area contributed by atoms with Crippen molar-refractivity contribution in [2.24, 2.45) is 0 Å². The smallest absolute Gasteiger partial charge is 0.336 e. The summed E-state index contributed by atoms with van der Waals surface area (Å²) in [6, 6.07) is -5.37. The topological polar surface area (TPSA) is 98.0 Å². The Morgan fingerprint density at radius 1 is 1.06 bits per heavy atom. The Kier molecular flexibility index (Phi) is 3.06.